The van der Waals surface area contributed by atoms with Crippen LogP contribution in [0.1, 0.15) is 38.9 Å². The molecule has 2 N–H and O–H groups in total. The minimum atomic E-state index is 0.119. The van der Waals surface area contributed by atoms with Crippen LogP contribution in [0, 0.1) is 0 Å². The van der Waals surface area contributed by atoms with Crippen molar-refractivity contribution in [2.45, 2.75) is 39.4 Å². The first-order chi connectivity index (χ1) is 6.63. The van der Waals surface area contributed by atoms with E-state index in [1.807, 2.05) is 24.3 Å². The number of anilines is 1. The van der Waals surface area contributed by atoms with Crippen LogP contribution in [-0.4, -0.2) is 6.10 Å². The Morgan fingerprint density at radius 1 is 1.36 bits per heavy atom. The van der Waals surface area contributed by atoms with Crippen LogP contribution in [0.4, 0.5) is 5.69 Å². The van der Waals surface area contributed by atoms with E-state index in [1.165, 1.54) is 0 Å². The van der Waals surface area contributed by atoms with E-state index >= 15 is 0 Å². The second-order valence-corrected chi connectivity index (χ2v) is 3.67. The summed E-state index contributed by atoms with van der Waals surface area (Å²) in [5, 5.41) is 0. The largest absolute Gasteiger partial charge is 0.399 e. The van der Waals surface area contributed by atoms with Gasteiger partial charge in [0.2, 0.25) is 0 Å². The molecule has 0 aliphatic rings. The van der Waals surface area contributed by atoms with Crippen molar-refractivity contribution < 1.29 is 4.74 Å². The second kappa shape index (κ2) is 5.01. The zero-order valence-electron chi connectivity index (χ0n) is 9.16. The summed E-state index contributed by atoms with van der Waals surface area (Å²) >= 11 is 0. The minimum Gasteiger partial charge on any atom is -0.399 e. The molecule has 2 atom stereocenters. The molecule has 0 amide bonds. The molecule has 0 aliphatic carbocycles. The van der Waals surface area contributed by atoms with Gasteiger partial charge in [0.15, 0.2) is 0 Å². The Morgan fingerprint density at radius 3 is 2.64 bits per heavy atom. The smallest absolute Gasteiger partial charge is 0.0801 e. The highest BCUT2D eigenvalue weighted by Crippen LogP contribution is 2.20. The standard InChI is InChI=1S/C12H19NO/c1-4-9(2)14-10(3)11-6-5-7-12(13)8-11/h5-10H,4,13H2,1-3H3. The normalized spacial score (nSPS) is 15.1. The Morgan fingerprint density at radius 2 is 2.07 bits per heavy atom. The van der Waals surface area contributed by atoms with Gasteiger partial charge >= 0.3 is 0 Å². The summed E-state index contributed by atoms with van der Waals surface area (Å²) < 4.78 is 5.78. The van der Waals surface area contributed by atoms with E-state index in [0.29, 0.717) is 6.10 Å². The van der Waals surface area contributed by atoms with Gasteiger partial charge in [-0.2, -0.15) is 0 Å². The summed E-state index contributed by atoms with van der Waals surface area (Å²) in [5.74, 6) is 0. The maximum atomic E-state index is 5.78. The molecule has 0 saturated heterocycles. The molecule has 2 heteroatoms. The molecule has 2 unspecified atom stereocenters. The van der Waals surface area contributed by atoms with E-state index in [2.05, 4.69) is 20.8 Å². The Bertz CT molecular complexity index is 285. The average molecular weight is 193 g/mol. The summed E-state index contributed by atoms with van der Waals surface area (Å²) in [7, 11) is 0. The number of hydrogen-bond acceptors (Lipinski definition) is 2. The fourth-order valence-electron chi connectivity index (χ4n) is 1.34. The van der Waals surface area contributed by atoms with E-state index in [-0.39, 0.29) is 6.10 Å². The minimum absolute atomic E-state index is 0.119. The fraction of sp³-hybridized carbons (Fsp3) is 0.500. The van der Waals surface area contributed by atoms with E-state index in [0.717, 1.165) is 17.7 Å². The fourth-order valence-corrected chi connectivity index (χ4v) is 1.34. The SMILES string of the molecule is CCC(C)OC(C)c1cccc(N)c1. The predicted octanol–water partition coefficient (Wildman–Crippen LogP) is 3.14. The summed E-state index contributed by atoms with van der Waals surface area (Å²) in [6.07, 6.45) is 1.45. The summed E-state index contributed by atoms with van der Waals surface area (Å²) in [5.41, 5.74) is 7.64. The lowest BCUT2D eigenvalue weighted by Gasteiger charge is -2.18. The van der Waals surface area contributed by atoms with Gasteiger partial charge in [0.1, 0.15) is 0 Å². The molecule has 1 aromatic rings. The third-order valence-electron chi connectivity index (χ3n) is 2.39. The second-order valence-electron chi connectivity index (χ2n) is 3.67. The quantitative estimate of drug-likeness (QED) is 0.745. The van der Waals surface area contributed by atoms with Crippen molar-refractivity contribution in [2.24, 2.45) is 0 Å². The number of hydrogen-bond donors (Lipinski definition) is 1. The number of benzene rings is 1. The summed E-state index contributed by atoms with van der Waals surface area (Å²) in [4.78, 5) is 0. The highest BCUT2D eigenvalue weighted by molar-refractivity contribution is 5.41. The van der Waals surface area contributed by atoms with Crippen LogP contribution in [0.15, 0.2) is 24.3 Å². The van der Waals surface area contributed by atoms with Crippen molar-refractivity contribution in [3.05, 3.63) is 29.8 Å². The maximum absolute atomic E-state index is 5.78. The first-order valence-corrected chi connectivity index (χ1v) is 5.14. The number of rotatable bonds is 4. The molecule has 2 nitrogen and oxygen atoms in total. The third-order valence-corrected chi connectivity index (χ3v) is 2.39. The number of nitrogen functional groups attached to an aromatic ring is 1. The molecular formula is C12H19NO. The summed E-state index contributed by atoms with van der Waals surface area (Å²) in [6.45, 7) is 6.26. The molecule has 0 saturated carbocycles. The molecule has 14 heavy (non-hydrogen) atoms. The van der Waals surface area contributed by atoms with Crippen LogP contribution in [0.5, 0.6) is 0 Å². The van der Waals surface area contributed by atoms with E-state index in [9.17, 15) is 0 Å². The maximum Gasteiger partial charge on any atom is 0.0801 e. The highest BCUT2D eigenvalue weighted by Gasteiger charge is 2.09. The van der Waals surface area contributed by atoms with Crippen molar-refractivity contribution in [1.82, 2.24) is 0 Å². The molecule has 0 fully saturated rings. The molecule has 1 rings (SSSR count). The topological polar surface area (TPSA) is 35.2 Å². The lowest BCUT2D eigenvalue weighted by atomic mass is 10.1. The van der Waals surface area contributed by atoms with Gasteiger partial charge in [-0.1, -0.05) is 19.1 Å². The van der Waals surface area contributed by atoms with Crippen LogP contribution in [0.25, 0.3) is 0 Å². The van der Waals surface area contributed by atoms with Gasteiger partial charge in [0.05, 0.1) is 12.2 Å². The van der Waals surface area contributed by atoms with Crippen molar-refractivity contribution in [1.29, 1.82) is 0 Å². The van der Waals surface area contributed by atoms with E-state index < -0.39 is 0 Å². The Hall–Kier alpha value is -1.02. The molecule has 1 aromatic carbocycles. The van der Waals surface area contributed by atoms with Gasteiger partial charge in [-0.3, -0.25) is 0 Å². The number of nitrogens with two attached hydrogens (primary N) is 1. The number of ether oxygens (including phenoxy) is 1. The summed E-state index contributed by atoms with van der Waals surface area (Å²) in [6, 6.07) is 7.86. The molecule has 0 radical (unpaired) electrons. The van der Waals surface area contributed by atoms with Crippen LogP contribution < -0.4 is 5.73 Å². The monoisotopic (exact) mass is 193 g/mol. The van der Waals surface area contributed by atoms with Crippen molar-refractivity contribution in [3.63, 3.8) is 0 Å². The highest BCUT2D eigenvalue weighted by atomic mass is 16.5. The third kappa shape index (κ3) is 3.04. The Balaban J connectivity index is 2.64. The van der Waals surface area contributed by atoms with Crippen molar-refractivity contribution >= 4 is 5.69 Å². The lowest BCUT2D eigenvalue weighted by Crippen LogP contribution is -2.10. The molecule has 78 valence electrons. The van der Waals surface area contributed by atoms with Crippen molar-refractivity contribution in [2.75, 3.05) is 5.73 Å². The van der Waals surface area contributed by atoms with Gasteiger partial charge in [-0.15, -0.1) is 0 Å². The first kappa shape index (κ1) is 11.1. The predicted molar refractivity (Wildman–Crippen MR) is 60.1 cm³/mol. The molecule has 0 heterocycles. The van der Waals surface area contributed by atoms with Gasteiger partial charge in [0.25, 0.3) is 0 Å². The van der Waals surface area contributed by atoms with Crippen LogP contribution in [0.2, 0.25) is 0 Å². The van der Waals surface area contributed by atoms with Crippen LogP contribution in [-0.2, 0) is 4.74 Å². The lowest BCUT2D eigenvalue weighted by molar-refractivity contribution is 0.00550. The van der Waals surface area contributed by atoms with Gasteiger partial charge in [0, 0.05) is 5.69 Å². The molecule has 0 spiro atoms. The van der Waals surface area contributed by atoms with Gasteiger partial charge in [-0.25, -0.2) is 0 Å². The first-order valence-electron chi connectivity index (χ1n) is 5.14. The average Bonchev–Trinajstić information content (AvgIpc) is 2.17. The van der Waals surface area contributed by atoms with E-state index in [1.54, 1.807) is 0 Å². The zero-order chi connectivity index (χ0) is 10.6. The molecule has 0 aliphatic heterocycles. The Kier molecular flexibility index (Phi) is 3.96. The Labute approximate surface area is 86.1 Å². The molecular weight excluding hydrogens is 174 g/mol. The van der Waals surface area contributed by atoms with Gasteiger partial charge < -0.3 is 10.5 Å². The van der Waals surface area contributed by atoms with Crippen LogP contribution >= 0.6 is 0 Å². The van der Waals surface area contributed by atoms with Crippen LogP contribution in [0.3, 0.4) is 0 Å². The molecule has 0 aromatic heterocycles. The zero-order valence-corrected chi connectivity index (χ0v) is 9.16. The van der Waals surface area contributed by atoms with E-state index in [4.69, 9.17) is 10.5 Å². The van der Waals surface area contributed by atoms with Crippen molar-refractivity contribution in [3.8, 4) is 0 Å². The molecule has 0 bridgehead atoms. The van der Waals surface area contributed by atoms with Gasteiger partial charge in [-0.05, 0) is 38.0 Å².